The predicted molar refractivity (Wildman–Crippen MR) is 82.8 cm³/mol. The van der Waals surface area contributed by atoms with E-state index in [1.165, 1.54) is 12.1 Å². The number of urea groups is 1. The number of nitrogens with two attached hydrogens (primary N) is 1. The second-order valence-corrected chi connectivity index (χ2v) is 6.00. The molecular formula is C14H15FN4O4S. The molecule has 8 nitrogen and oxygen atoms in total. The number of hydrogen-bond donors (Lipinski definition) is 2. The van der Waals surface area contributed by atoms with Crippen LogP contribution in [0.5, 0.6) is 5.75 Å². The van der Waals surface area contributed by atoms with Crippen LogP contribution in [0.2, 0.25) is 0 Å². The molecule has 1 aromatic carbocycles. The zero-order valence-corrected chi connectivity index (χ0v) is 13.7. The molecule has 2 rings (SSSR count). The summed E-state index contributed by atoms with van der Waals surface area (Å²) in [6.07, 6.45) is -0.682. The van der Waals surface area contributed by atoms with E-state index in [1.54, 1.807) is 26.0 Å². The molecule has 0 aliphatic rings. The minimum absolute atomic E-state index is 0.0617. The second kappa shape index (κ2) is 7.77. The van der Waals surface area contributed by atoms with E-state index in [4.69, 9.17) is 14.9 Å². The number of thioether (sulfide) groups is 1. The number of carbonyl (C=O) groups excluding carboxylic acids is 2. The van der Waals surface area contributed by atoms with E-state index in [0.29, 0.717) is 0 Å². The second-order valence-electron chi connectivity index (χ2n) is 4.71. The molecule has 10 heteroatoms. The number of rotatable bonds is 6. The van der Waals surface area contributed by atoms with Crippen molar-refractivity contribution in [1.82, 2.24) is 15.5 Å². The van der Waals surface area contributed by atoms with E-state index in [2.05, 4.69) is 10.2 Å². The summed E-state index contributed by atoms with van der Waals surface area (Å²) in [5.41, 5.74) is 4.88. The summed E-state index contributed by atoms with van der Waals surface area (Å²) in [6.45, 7) is 3.17. The number of ether oxygens (including phenoxy) is 1. The van der Waals surface area contributed by atoms with Crippen LogP contribution in [0.3, 0.4) is 0 Å². The number of amides is 3. The molecular weight excluding hydrogens is 339 g/mol. The molecule has 0 spiro atoms. The Hall–Kier alpha value is -2.62. The van der Waals surface area contributed by atoms with E-state index in [1.807, 2.05) is 5.32 Å². The first kappa shape index (κ1) is 17.7. The number of benzene rings is 1. The Balaban J connectivity index is 1.98. The van der Waals surface area contributed by atoms with Crippen molar-refractivity contribution in [1.29, 1.82) is 0 Å². The summed E-state index contributed by atoms with van der Waals surface area (Å²) >= 11 is 0.952. The maximum absolute atomic E-state index is 13.6. The highest BCUT2D eigenvalue weighted by Gasteiger charge is 2.22. The molecule has 0 bridgehead atoms. The molecule has 1 heterocycles. The van der Waals surface area contributed by atoms with Gasteiger partial charge < -0.3 is 14.9 Å². The Morgan fingerprint density at radius 2 is 2.04 bits per heavy atom. The van der Waals surface area contributed by atoms with Crippen molar-refractivity contribution >= 4 is 23.7 Å². The molecule has 1 aromatic heterocycles. The molecule has 0 saturated carbocycles. The van der Waals surface area contributed by atoms with Gasteiger partial charge in [-0.2, -0.15) is 0 Å². The number of para-hydroxylation sites is 1. The maximum Gasteiger partial charge on any atom is 0.318 e. The van der Waals surface area contributed by atoms with Crippen molar-refractivity contribution in [3.63, 3.8) is 0 Å². The van der Waals surface area contributed by atoms with Gasteiger partial charge in [0.05, 0.1) is 5.25 Å². The first-order valence-corrected chi connectivity index (χ1v) is 7.76. The number of nitrogens with one attached hydrogen (secondary N) is 1. The number of primary amides is 1. The van der Waals surface area contributed by atoms with E-state index in [9.17, 15) is 14.0 Å². The molecule has 128 valence electrons. The fourth-order valence-electron chi connectivity index (χ4n) is 1.64. The Morgan fingerprint density at radius 1 is 1.33 bits per heavy atom. The quantitative estimate of drug-likeness (QED) is 0.761. The van der Waals surface area contributed by atoms with E-state index in [-0.39, 0.29) is 16.9 Å². The number of hydrogen-bond acceptors (Lipinski definition) is 7. The SMILES string of the molecule is C[C@H](Oc1ccccc1F)c1nnc(S[C@H](C)C(=O)NC(N)=O)o1. The van der Waals surface area contributed by atoms with Crippen LogP contribution in [-0.4, -0.2) is 27.4 Å². The fraction of sp³-hybridized carbons (Fsp3) is 0.286. The smallest absolute Gasteiger partial charge is 0.318 e. The highest BCUT2D eigenvalue weighted by molar-refractivity contribution is 8.00. The van der Waals surface area contributed by atoms with Crippen molar-refractivity contribution in [2.45, 2.75) is 30.4 Å². The molecule has 3 amide bonds. The number of carbonyl (C=O) groups is 2. The largest absolute Gasteiger partial charge is 0.478 e. The summed E-state index contributed by atoms with van der Waals surface area (Å²) in [5.74, 6) is -0.895. The highest BCUT2D eigenvalue weighted by atomic mass is 32.2. The van der Waals surface area contributed by atoms with Crippen molar-refractivity contribution in [2.75, 3.05) is 0 Å². The lowest BCUT2D eigenvalue weighted by Crippen LogP contribution is -2.39. The van der Waals surface area contributed by atoms with Crippen molar-refractivity contribution in [2.24, 2.45) is 5.73 Å². The first-order valence-electron chi connectivity index (χ1n) is 6.88. The van der Waals surface area contributed by atoms with Crippen LogP contribution in [0.1, 0.15) is 25.8 Å². The molecule has 0 saturated heterocycles. The molecule has 0 fully saturated rings. The van der Waals surface area contributed by atoms with Crippen LogP contribution in [-0.2, 0) is 4.79 Å². The Kier molecular flexibility index (Phi) is 5.74. The lowest BCUT2D eigenvalue weighted by molar-refractivity contribution is -0.119. The van der Waals surface area contributed by atoms with Gasteiger partial charge in [0.15, 0.2) is 17.7 Å². The molecule has 2 aromatic rings. The first-order chi connectivity index (χ1) is 11.4. The third kappa shape index (κ3) is 4.69. The van der Waals surface area contributed by atoms with E-state index >= 15 is 0 Å². The zero-order chi connectivity index (χ0) is 17.7. The molecule has 0 unspecified atom stereocenters. The Labute approximate surface area is 140 Å². The summed E-state index contributed by atoms with van der Waals surface area (Å²) in [5, 5.41) is 8.98. The van der Waals surface area contributed by atoms with Crippen LogP contribution in [0.4, 0.5) is 9.18 Å². The monoisotopic (exact) mass is 354 g/mol. The van der Waals surface area contributed by atoms with Crippen molar-refractivity contribution in [3.8, 4) is 5.75 Å². The summed E-state index contributed by atoms with van der Waals surface area (Å²) in [4.78, 5) is 22.2. The zero-order valence-electron chi connectivity index (χ0n) is 12.9. The highest BCUT2D eigenvalue weighted by Crippen LogP contribution is 2.27. The van der Waals surface area contributed by atoms with Crippen LogP contribution < -0.4 is 15.8 Å². The minimum Gasteiger partial charge on any atom is -0.478 e. The van der Waals surface area contributed by atoms with Gasteiger partial charge in [0.2, 0.25) is 5.91 Å². The van der Waals surface area contributed by atoms with Gasteiger partial charge in [-0.3, -0.25) is 10.1 Å². The number of imide groups is 1. The van der Waals surface area contributed by atoms with Crippen LogP contribution in [0.15, 0.2) is 33.9 Å². The lowest BCUT2D eigenvalue weighted by atomic mass is 10.3. The standard InChI is InChI=1S/C14H15FN4O4S/c1-7(22-10-6-4-3-5-9(10)15)12-18-19-14(23-12)24-8(2)11(20)17-13(16)21/h3-8H,1-2H3,(H3,16,17,20,21)/t7-,8+/m0/s1. The predicted octanol–water partition coefficient (Wildman–Crippen LogP) is 2.02. The van der Waals surface area contributed by atoms with Gasteiger partial charge in [0.1, 0.15) is 0 Å². The molecule has 0 radical (unpaired) electrons. The average Bonchev–Trinajstić information content (AvgIpc) is 2.97. The Bertz CT molecular complexity index is 739. The van der Waals surface area contributed by atoms with Gasteiger partial charge in [-0.1, -0.05) is 23.9 Å². The summed E-state index contributed by atoms with van der Waals surface area (Å²) in [6, 6.07) is 5.00. The van der Waals surface area contributed by atoms with Gasteiger partial charge in [0.25, 0.3) is 11.1 Å². The Morgan fingerprint density at radius 3 is 2.71 bits per heavy atom. The van der Waals surface area contributed by atoms with Crippen LogP contribution in [0, 0.1) is 5.82 Å². The average molecular weight is 354 g/mol. The number of halogens is 1. The molecule has 3 N–H and O–H groups in total. The van der Waals surface area contributed by atoms with Crippen molar-refractivity contribution < 1.29 is 23.1 Å². The minimum atomic E-state index is -0.939. The van der Waals surface area contributed by atoms with Gasteiger partial charge in [0, 0.05) is 0 Å². The molecule has 0 aliphatic heterocycles. The van der Waals surface area contributed by atoms with Gasteiger partial charge in [-0.25, -0.2) is 9.18 Å². The van der Waals surface area contributed by atoms with Gasteiger partial charge >= 0.3 is 6.03 Å². The number of nitrogens with zero attached hydrogens (tertiary/aromatic N) is 2. The normalized spacial score (nSPS) is 13.1. The third-order valence-corrected chi connectivity index (χ3v) is 3.74. The molecule has 0 aliphatic carbocycles. The van der Waals surface area contributed by atoms with E-state index < -0.39 is 29.1 Å². The fourth-order valence-corrected chi connectivity index (χ4v) is 2.33. The van der Waals surface area contributed by atoms with Crippen LogP contribution in [0.25, 0.3) is 0 Å². The third-order valence-electron chi connectivity index (χ3n) is 2.80. The molecule has 2 atom stereocenters. The van der Waals surface area contributed by atoms with Crippen LogP contribution >= 0.6 is 11.8 Å². The number of aromatic nitrogens is 2. The topological polar surface area (TPSA) is 120 Å². The van der Waals surface area contributed by atoms with Crippen molar-refractivity contribution in [3.05, 3.63) is 36.0 Å². The maximum atomic E-state index is 13.6. The van der Waals surface area contributed by atoms with Gasteiger partial charge in [-0.05, 0) is 26.0 Å². The summed E-state index contributed by atoms with van der Waals surface area (Å²) in [7, 11) is 0. The summed E-state index contributed by atoms with van der Waals surface area (Å²) < 4.78 is 24.4. The molecule has 24 heavy (non-hydrogen) atoms. The van der Waals surface area contributed by atoms with E-state index in [0.717, 1.165) is 11.8 Å². The lowest BCUT2D eigenvalue weighted by Gasteiger charge is -2.11. The van der Waals surface area contributed by atoms with Gasteiger partial charge in [-0.15, -0.1) is 10.2 Å².